The Hall–Kier alpha value is -3.51. The minimum atomic E-state index is -0.358. The number of halogens is 1. The highest BCUT2D eigenvalue weighted by Gasteiger charge is 2.34. The van der Waals surface area contributed by atoms with Crippen molar-refractivity contribution in [2.24, 2.45) is 5.92 Å². The van der Waals surface area contributed by atoms with Gasteiger partial charge in [0.05, 0.1) is 18.7 Å². The second-order valence-corrected chi connectivity index (χ2v) is 8.51. The predicted octanol–water partition coefficient (Wildman–Crippen LogP) is 5.62. The highest BCUT2D eigenvalue weighted by molar-refractivity contribution is 6.30. The summed E-state index contributed by atoms with van der Waals surface area (Å²) >= 11 is 5.95. The van der Waals surface area contributed by atoms with Crippen LogP contribution in [-0.4, -0.2) is 37.0 Å². The summed E-state index contributed by atoms with van der Waals surface area (Å²) in [6.07, 6.45) is 0.655. The van der Waals surface area contributed by atoms with E-state index in [2.05, 4.69) is 10.6 Å². The number of piperidine rings is 1. The summed E-state index contributed by atoms with van der Waals surface area (Å²) in [5.41, 5.74) is 2.38. The monoisotopic (exact) mass is 463 g/mol. The Balaban J connectivity index is 1.53. The molecule has 0 saturated carbocycles. The lowest BCUT2D eigenvalue weighted by Gasteiger charge is -2.37. The molecule has 1 heterocycles. The summed E-state index contributed by atoms with van der Waals surface area (Å²) in [4.78, 5) is 28.0. The van der Waals surface area contributed by atoms with Crippen molar-refractivity contribution in [1.29, 1.82) is 0 Å². The summed E-state index contributed by atoms with van der Waals surface area (Å²) in [5.74, 6) is 0.153. The summed E-state index contributed by atoms with van der Waals surface area (Å²) in [5, 5.41) is 6.50. The largest absolute Gasteiger partial charge is 0.495 e. The van der Waals surface area contributed by atoms with E-state index in [-0.39, 0.29) is 23.8 Å². The molecule has 0 aliphatic carbocycles. The van der Waals surface area contributed by atoms with Gasteiger partial charge in [-0.05, 0) is 48.4 Å². The van der Waals surface area contributed by atoms with Gasteiger partial charge in [0.15, 0.2) is 0 Å². The molecule has 7 heteroatoms. The van der Waals surface area contributed by atoms with Gasteiger partial charge in [0.1, 0.15) is 5.75 Å². The molecule has 2 atom stereocenters. The Kier molecular flexibility index (Phi) is 7.15. The molecule has 1 aliphatic heterocycles. The topological polar surface area (TPSA) is 70.7 Å². The van der Waals surface area contributed by atoms with Crippen LogP contribution in [0.2, 0.25) is 5.02 Å². The normalized spacial score (nSPS) is 17.8. The number of anilines is 2. The third kappa shape index (κ3) is 5.65. The first-order chi connectivity index (χ1) is 16.0. The first-order valence-corrected chi connectivity index (χ1v) is 11.2. The molecule has 1 saturated heterocycles. The number of likely N-dealkylation sites (tertiary alicyclic amines) is 1. The maximum atomic E-state index is 13.2. The van der Waals surface area contributed by atoms with Crippen LogP contribution in [-0.2, 0) is 4.79 Å². The van der Waals surface area contributed by atoms with Crippen LogP contribution in [0.15, 0.2) is 78.9 Å². The van der Waals surface area contributed by atoms with Gasteiger partial charge in [-0.2, -0.15) is 0 Å². The number of benzene rings is 3. The minimum Gasteiger partial charge on any atom is -0.495 e. The van der Waals surface area contributed by atoms with Gasteiger partial charge in [-0.3, -0.25) is 4.79 Å². The van der Waals surface area contributed by atoms with E-state index in [0.717, 1.165) is 5.56 Å². The zero-order chi connectivity index (χ0) is 23.2. The predicted molar refractivity (Wildman–Crippen MR) is 131 cm³/mol. The number of urea groups is 1. The third-order valence-electron chi connectivity index (χ3n) is 5.84. The number of rotatable bonds is 5. The van der Waals surface area contributed by atoms with Crippen LogP contribution < -0.4 is 15.4 Å². The molecule has 3 aromatic carbocycles. The molecule has 0 radical (unpaired) electrons. The number of para-hydroxylation sites is 2. The molecular weight excluding hydrogens is 438 g/mol. The number of carbonyl (C=O) groups is 2. The van der Waals surface area contributed by atoms with Crippen LogP contribution in [0.5, 0.6) is 5.75 Å². The molecule has 2 unspecified atom stereocenters. The van der Waals surface area contributed by atoms with E-state index < -0.39 is 0 Å². The number of hydrogen-bond acceptors (Lipinski definition) is 3. The van der Waals surface area contributed by atoms with Gasteiger partial charge in [0, 0.05) is 29.7 Å². The lowest BCUT2D eigenvalue weighted by molar-refractivity contribution is -0.121. The molecule has 33 heavy (non-hydrogen) atoms. The van der Waals surface area contributed by atoms with Crippen molar-refractivity contribution >= 4 is 34.9 Å². The minimum absolute atomic E-state index is 0.0457. The van der Waals surface area contributed by atoms with Crippen molar-refractivity contribution in [3.05, 3.63) is 89.4 Å². The standard InChI is InChI=1S/C26H26ClN3O3/c1-33-24-10-6-5-9-23(24)29-26(32)30-16-19(18-7-3-2-4-8-18)15-20(17-30)25(31)28-22-13-11-21(27)12-14-22/h2-14,19-20H,15-17H2,1H3,(H,28,31)(H,29,32). The molecule has 3 amide bonds. The molecular formula is C26H26ClN3O3. The van der Waals surface area contributed by atoms with Crippen LogP contribution >= 0.6 is 11.6 Å². The van der Waals surface area contributed by atoms with E-state index in [0.29, 0.717) is 41.7 Å². The van der Waals surface area contributed by atoms with Crippen molar-refractivity contribution in [2.75, 3.05) is 30.8 Å². The molecule has 0 spiro atoms. The molecule has 170 valence electrons. The smallest absolute Gasteiger partial charge is 0.321 e. The fraction of sp³-hybridized carbons (Fsp3) is 0.231. The van der Waals surface area contributed by atoms with Gasteiger partial charge in [-0.25, -0.2) is 4.79 Å². The Labute approximate surface area is 198 Å². The van der Waals surface area contributed by atoms with Crippen molar-refractivity contribution in [1.82, 2.24) is 4.90 Å². The second-order valence-electron chi connectivity index (χ2n) is 8.07. The average Bonchev–Trinajstić information content (AvgIpc) is 2.86. The number of nitrogens with one attached hydrogen (secondary N) is 2. The highest BCUT2D eigenvalue weighted by atomic mass is 35.5. The fourth-order valence-electron chi connectivity index (χ4n) is 4.14. The first-order valence-electron chi connectivity index (χ1n) is 10.8. The van der Waals surface area contributed by atoms with Gasteiger partial charge in [-0.15, -0.1) is 0 Å². The number of carbonyl (C=O) groups excluding carboxylic acids is 2. The molecule has 3 aromatic rings. The van der Waals surface area contributed by atoms with E-state index in [1.165, 1.54) is 0 Å². The number of amides is 3. The quantitative estimate of drug-likeness (QED) is 0.515. The number of hydrogen-bond donors (Lipinski definition) is 2. The molecule has 0 bridgehead atoms. The Bertz CT molecular complexity index is 1110. The molecule has 0 aromatic heterocycles. The van der Waals surface area contributed by atoms with Gasteiger partial charge in [0.25, 0.3) is 0 Å². The van der Waals surface area contributed by atoms with E-state index in [1.807, 2.05) is 42.5 Å². The Morgan fingerprint density at radius 1 is 0.909 bits per heavy atom. The SMILES string of the molecule is COc1ccccc1NC(=O)N1CC(C(=O)Nc2ccc(Cl)cc2)CC(c2ccccc2)C1. The molecule has 2 N–H and O–H groups in total. The summed E-state index contributed by atoms with van der Waals surface area (Å²) in [7, 11) is 1.56. The van der Waals surface area contributed by atoms with Crippen LogP contribution in [0.25, 0.3) is 0 Å². The summed E-state index contributed by atoms with van der Waals surface area (Å²) in [6, 6.07) is 24.0. The number of ether oxygens (including phenoxy) is 1. The lowest BCUT2D eigenvalue weighted by Crippen LogP contribution is -2.48. The van der Waals surface area contributed by atoms with Gasteiger partial charge in [0.2, 0.25) is 5.91 Å². The third-order valence-corrected chi connectivity index (χ3v) is 6.09. The van der Waals surface area contributed by atoms with Crippen molar-refractivity contribution in [3.8, 4) is 5.75 Å². The van der Waals surface area contributed by atoms with E-state index in [1.54, 1.807) is 48.4 Å². The van der Waals surface area contributed by atoms with E-state index >= 15 is 0 Å². The maximum absolute atomic E-state index is 13.2. The van der Waals surface area contributed by atoms with Crippen molar-refractivity contribution in [2.45, 2.75) is 12.3 Å². The van der Waals surface area contributed by atoms with Crippen LogP contribution in [0.1, 0.15) is 17.9 Å². The summed E-state index contributed by atoms with van der Waals surface area (Å²) in [6.45, 7) is 0.847. The van der Waals surface area contributed by atoms with Gasteiger partial charge >= 0.3 is 6.03 Å². The van der Waals surface area contributed by atoms with Crippen LogP contribution in [0.4, 0.5) is 16.2 Å². The van der Waals surface area contributed by atoms with Crippen molar-refractivity contribution in [3.63, 3.8) is 0 Å². The maximum Gasteiger partial charge on any atom is 0.321 e. The number of nitrogens with zero attached hydrogens (tertiary/aromatic N) is 1. The summed E-state index contributed by atoms with van der Waals surface area (Å²) < 4.78 is 5.35. The average molecular weight is 464 g/mol. The molecule has 6 nitrogen and oxygen atoms in total. The van der Waals surface area contributed by atoms with E-state index in [4.69, 9.17) is 16.3 Å². The van der Waals surface area contributed by atoms with Crippen molar-refractivity contribution < 1.29 is 14.3 Å². The van der Waals surface area contributed by atoms with Gasteiger partial charge < -0.3 is 20.3 Å². The second kappa shape index (κ2) is 10.4. The van der Waals surface area contributed by atoms with Crippen LogP contribution in [0.3, 0.4) is 0 Å². The first kappa shape index (κ1) is 22.7. The Morgan fingerprint density at radius 3 is 2.33 bits per heavy atom. The lowest BCUT2D eigenvalue weighted by atomic mass is 9.84. The zero-order valence-electron chi connectivity index (χ0n) is 18.3. The molecule has 1 fully saturated rings. The molecule has 1 aliphatic rings. The Morgan fingerprint density at radius 2 is 1.61 bits per heavy atom. The van der Waals surface area contributed by atoms with Gasteiger partial charge in [-0.1, -0.05) is 54.1 Å². The van der Waals surface area contributed by atoms with E-state index in [9.17, 15) is 9.59 Å². The fourth-order valence-corrected chi connectivity index (χ4v) is 4.27. The van der Waals surface area contributed by atoms with Crippen LogP contribution in [0, 0.1) is 5.92 Å². The highest BCUT2D eigenvalue weighted by Crippen LogP contribution is 2.32. The zero-order valence-corrected chi connectivity index (χ0v) is 19.1. The molecule has 4 rings (SSSR count). The number of methoxy groups -OCH3 is 1.